The van der Waals surface area contributed by atoms with E-state index in [2.05, 4.69) is 70.9 Å². The molecule has 3 N–H and O–H groups in total. The van der Waals surface area contributed by atoms with Crippen LogP contribution in [0.25, 0.3) is 0 Å². The molecule has 0 saturated carbocycles. The Kier molecular flexibility index (Phi) is 8.77. The van der Waals surface area contributed by atoms with Gasteiger partial charge in [-0.3, -0.25) is 0 Å². The van der Waals surface area contributed by atoms with Gasteiger partial charge < -0.3 is 20.4 Å². The normalized spacial score (nSPS) is 20.6. The zero-order chi connectivity index (χ0) is 31.4. The highest BCUT2D eigenvalue weighted by Gasteiger charge is 2.47. The van der Waals surface area contributed by atoms with Gasteiger partial charge in [0, 0.05) is 24.2 Å². The molecule has 46 heavy (non-hydrogen) atoms. The van der Waals surface area contributed by atoms with Crippen LogP contribution in [0.1, 0.15) is 65.8 Å². The third-order valence-corrected chi connectivity index (χ3v) is 10.4. The molecular weight excluding hydrogens is 564 g/mol. The molecule has 5 aromatic rings. The van der Waals surface area contributed by atoms with Gasteiger partial charge in [0.15, 0.2) is 0 Å². The molecule has 2 unspecified atom stereocenters. The van der Waals surface area contributed by atoms with Crippen LogP contribution < -0.4 is 10.2 Å². The summed E-state index contributed by atoms with van der Waals surface area (Å²) in [5.74, 6) is -0.178. The van der Waals surface area contributed by atoms with Gasteiger partial charge in [0.1, 0.15) is 11.2 Å². The maximum atomic E-state index is 13.2. The molecule has 5 aromatic carbocycles. The van der Waals surface area contributed by atoms with Crippen molar-refractivity contribution in [3.05, 3.63) is 173 Å². The Morgan fingerprint density at radius 3 is 1.63 bits per heavy atom. The second-order valence-corrected chi connectivity index (χ2v) is 13.0. The summed E-state index contributed by atoms with van der Waals surface area (Å²) in [5.41, 5.74) is 3.33. The van der Waals surface area contributed by atoms with Gasteiger partial charge in [-0.2, -0.15) is 0 Å². The van der Waals surface area contributed by atoms with Crippen LogP contribution in [0, 0.1) is 0 Å². The lowest BCUT2D eigenvalue weighted by Gasteiger charge is -2.44. The van der Waals surface area contributed by atoms with Crippen molar-refractivity contribution >= 4 is 5.69 Å². The molecule has 2 heterocycles. The molecule has 0 bridgehead atoms. The van der Waals surface area contributed by atoms with E-state index in [1.54, 1.807) is 0 Å². The minimum atomic E-state index is -1.25. The number of nitrogens with one attached hydrogen (secondary N) is 1. The summed E-state index contributed by atoms with van der Waals surface area (Å²) in [6, 6.07) is 49.4. The van der Waals surface area contributed by atoms with Gasteiger partial charge in [-0.1, -0.05) is 140 Å². The van der Waals surface area contributed by atoms with E-state index >= 15 is 0 Å². The number of nitrogens with zero attached hydrogens (tertiary/aromatic N) is 1. The largest absolute Gasteiger partial charge is 0.380 e. The van der Waals surface area contributed by atoms with E-state index in [0.29, 0.717) is 0 Å². The van der Waals surface area contributed by atoms with E-state index in [-0.39, 0.29) is 18.0 Å². The summed E-state index contributed by atoms with van der Waals surface area (Å²) in [6.45, 7) is 1.81. The van der Waals surface area contributed by atoms with Crippen molar-refractivity contribution in [1.82, 2.24) is 5.32 Å². The first kappa shape index (κ1) is 30.4. The molecule has 4 nitrogen and oxygen atoms in total. The van der Waals surface area contributed by atoms with Crippen molar-refractivity contribution in [1.29, 1.82) is 0 Å². The maximum absolute atomic E-state index is 13.2. The molecule has 7 rings (SSSR count). The van der Waals surface area contributed by atoms with E-state index < -0.39 is 11.2 Å². The van der Waals surface area contributed by atoms with Gasteiger partial charge >= 0.3 is 0 Å². The molecule has 0 aliphatic carbocycles. The lowest BCUT2D eigenvalue weighted by atomic mass is 9.68. The van der Waals surface area contributed by atoms with E-state index in [1.165, 1.54) is 0 Å². The van der Waals surface area contributed by atoms with Crippen LogP contribution >= 0.6 is 0 Å². The van der Waals surface area contributed by atoms with Crippen LogP contribution in [0.3, 0.4) is 0 Å². The summed E-state index contributed by atoms with van der Waals surface area (Å²) >= 11 is 0. The average molecular weight is 609 g/mol. The molecule has 0 amide bonds. The smallest absolute Gasteiger partial charge is 0.135 e. The zero-order valence-corrected chi connectivity index (χ0v) is 26.4. The number of hydrogen-bond donors (Lipinski definition) is 3. The summed E-state index contributed by atoms with van der Waals surface area (Å²) in [4.78, 5) is 2.36. The van der Waals surface area contributed by atoms with Crippen LogP contribution in [0.5, 0.6) is 0 Å². The molecule has 2 fully saturated rings. The summed E-state index contributed by atoms with van der Waals surface area (Å²) in [7, 11) is 0. The van der Waals surface area contributed by atoms with Gasteiger partial charge in [0.05, 0.1) is 6.04 Å². The fraction of sp³-hybridized carbons (Fsp3) is 0.286. The first-order valence-electron chi connectivity index (χ1n) is 16.9. The van der Waals surface area contributed by atoms with Gasteiger partial charge in [-0.15, -0.1) is 0 Å². The molecule has 0 aromatic heterocycles. The molecule has 2 saturated heterocycles. The minimum absolute atomic E-state index is 0.135. The Labute approximate surface area is 273 Å². The first-order valence-corrected chi connectivity index (χ1v) is 16.9. The van der Waals surface area contributed by atoms with Gasteiger partial charge in [0.25, 0.3) is 0 Å². The van der Waals surface area contributed by atoms with Crippen molar-refractivity contribution in [2.75, 3.05) is 18.0 Å². The SMILES string of the molecule is OC(c1ccccc1)(c1ccc(N2CCC[C@@H]2C(O)(c2ccccc2)c2ccccc2)cc1)[C@H](c1ccccc1)C1CCCCN1. The molecule has 234 valence electrons. The average Bonchev–Trinajstić information content (AvgIpc) is 3.64. The maximum Gasteiger partial charge on any atom is 0.135 e. The highest BCUT2D eigenvalue weighted by atomic mass is 16.3. The van der Waals surface area contributed by atoms with Gasteiger partial charge in [-0.25, -0.2) is 0 Å². The molecule has 0 spiro atoms. The van der Waals surface area contributed by atoms with Crippen LogP contribution in [0.15, 0.2) is 146 Å². The number of hydrogen-bond acceptors (Lipinski definition) is 4. The second-order valence-electron chi connectivity index (χ2n) is 13.0. The topological polar surface area (TPSA) is 55.7 Å². The highest BCUT2D eigenvalue weighted by molar-refractivity contribution is 5.55. The number of piperidine rings is 1. The van der Waals surface area contributed by atoms with Crippen molar-refractivity contribution < 1.29 is 10.2 Å². The minimum Gasteiger partial charge on any atom is -0.380 e. The summed E-state index contributed by atoms with van der Waals surface area (Å²) < 4.78 is 0. The molecular formula is C42H44N2O2. The molecule has 4 atom stereocenters. The summed E-state index contributed by atoms with van der Waals surface area (Å²) in [6.07, 6.45) is 5.18. The van der Waals surface area contributed by atoms with Crippen molar-refractivity contribution in [3.63, 3.8) is 0 Å². The van der Waals surface area contributed by atoms with Crippen LogP contribution in [-0.2, 0) is 11.2 Å². The van der Waals surface area contributed by atoms with Gasteiger partial charge in [0.2, 0.25) is 0 Å². The monoisotopic (exact) mass is 608 g/mol. The molecule has 2 aliphatic heterocycles. The van der Waals surface area contributed by atoms with Gasteiger partial charge in [-0.05, 0) is 72.2 Å². The second kappa shape index (κ2) is 13.3. The first-order chi connectivity index (χ1) is 22.6. The zero-order valence-electron chi connectivity index (χ0n) is 26.4. The lowest BCUT2D eigenvalue weighted by Crippen LogP contribution is -2.49. The fourth-order valence-electron chi connectivity index (χ4n) is 8.16. The Hall–Kier alpha value is -4.22. The van der Waals surface area contributed by atoms with Crippen LogP contribution in [0.2, 0.25) is 0 Å². The number of benzene rings is 5. The number of rotatable bonds is 9. The molecule has 0 radical (unpaired) electrons. The van der Waals surface area contributed by atoms with Crippen LogP contribution in [-0.4, -0.2) is 35.4 Å². The van der Waals surface area contributed by atoms with E-state index in [9.17, 15) is 10.2 Å². The fourth-order valence-corrected chi connectivity index (χ4v) is 8.16. The van der Waals surface area contributed by atoms with E-state index in [1.807, 2.05) is 84.9 Å². The van der Waals surface area contributed by atoms with Crippen LogP contribution in [0.4, 0.5) is 5.69 Å². The lowest BCUT2D eigenvalue weighted by molar-refractivity contribution is 0.0302. The molecule has 2 aliphatic rings. The predicted molar refractivity (Wildman–Crippen MR) is 187 cm³/mol. The number of aliphatic hydroxyl groups is 2. The van der Waals surface area contributed by atoms with Crippen molar-refractivity contribution in [2.45, 2.75) is 61.3 Å². The van der Waals surface area contributed by atoms with E-state index in [4.69, 9.17) is 0 Å². The molecule has 4 heteroatoms. The number of anilines is 1. The highest BCUT2D eigenvalue weighted by Crippen LogP contribution is 2.47. The predicted octanol–water partition coefficient (Wildman–Crippen LogP) is 7.75. The quantitative estimate of drug-likeness (QED) is 0.160. The Morgan fingerprint density at radius 1 is 0.565 bits per heavy atom. The Balaban J connectivity index is 1.30. The van der Waals surface area contributed by atoms with E-state index in [0.717, 1.165) is 78.7 Å². The third kappa shape index (κ3) is 5.55. The van der Waals surface area contributed by atoms with Crippen molar-refractivity contribution in [3.8, 4) is 0 Å². The summed E-state index contributed by atoms with van der Waals surface area (Å²) in [5, 5.41) is 29.6. The standard InChI is InChI=1S/C42H44N2O2/c45-41(33-18-7-2-8-19-33,34-20-9-3-10-21-34)39-25-15-31-44(39)37-28-26-36(27-29-37)42(46,35-22-11-4-12-23-35)40(32-16-5-1-6-17-32)38-24-13-14-30-43-38/h1-12,16-23,26-29,38-40,43,45-46H,13-15,24-25,30-31H2/t38?,39-,40-,42?/m1/s1. The van der Waals surface area contributed by atoms with Crippen molar-refractivity contribution in [2.24, 2.45) is 0 Å². The third-order valence-electron chi connectivity index (χ3n) is 10.4. The Morgan fingerprint density at radius 2 is 1.09 bits per heavy atom. The Bertz CT molecular complexity index is 1630.